The first kappa shape index (κ1) is 16.6. The van der Waals surface area contributed by atoms with Crippen LogP contribution >= 0.6 is 0 Å². The van der Waals surface area contributed by atoms with Gasteiger partial charge in [-0.05, 0) is 55.5 Å². The van der Waals surface area contributed by atoms with Crippen LogP contribution in [-0.4, -0.2) is 31.5 Å². The lowest BCUT2D eigenvalue weighted by Crippen LogP contribution is -2.39. The Bertz CT molecular complexity index is 880. The molecule has 0 radical (unpaired) electrons. The van der Waals surface area contributed by atoms with E-state index >= 15 is 0 Å². The van der Waals surface area contributed by atoms with Crippen molar-refractivity contribution in [3.8, 4) is 0 Å². The van der Waals surface area contributed by atoms with Gasteiger partial charge >= 0.3 is 0 Å². The zero-order valence-corrected chi connectivity index (χ0v) is 14.9. The molecule has 6 nitrogen and oxygen atoms in total. The monoisotopic (exact) mass is 349 g/mol. The molecule has 2 heterocycles. The number of nitrogens with zero attached hydrogens (tertiary/aromatic N) is 4. The van der Waals surface area contributed by atoms with Crippen molar-refractivity contribution in [2.24, 2.45) is 0 Å². The Morgan fingerprint density at radius 1 is 1.27 bits per heavy atom. The van der Waals surface area contributed by atoms with E-state index in [9.17, 15) is 4.79 Å². The second-order valence-electron chi connectivity index (χ2n) is 6.75. The van der Waals surface area contributed by atoms with E-state index in [0.29, 0.717) is 12.1 Å². The summed E-state index contributed by atoms with van der Waals surface area (Å²) < 4.78 is 3.93. The van der Waals surface area contributed by atoms with Crippen LogP contribution in [0.25, 0.3) is 0 Å². The maximum atomic E-state index is 12.6. The summed E-state index contributed by atoms with van der Waals surface area (Å²) in [6.45, 7) is 3.72. The number of rotatable bonds is 5. The van der Waals surface area contributed by atoms with Crippen LogP contribution < -0.4 is 5.32 Å². The molecule has 1 atom stereocenters. The maximum Gasteiger partial charge on any atom is 0.251 e. The predicted octanol–water partition coefficient (Wildman–Crippen LogP) is 2.44. The number of aryl methyl sites for hydroxylation is 1. The molecule has 0 fully saturated rings. The van der Waals surface area contributed by atoms with Crippen molar-refractivity contribution in [1.82, 2.24) is 24.9 Å². The first-order chi connectivity index (χ1) is 12.7. The van der Waals surface area contributed by atoms with Crippen molar-refractivity contribution < 1.29 is 4.79 Å². The van der Waals surface area contributed by atoms with Gasteiger partial charge in [0.1, 0.15) is 0 Å². The average Bonchev–Trinajstić information content (AvgIpc) is 3.31. The molecule has 1 amide bonds. The lowest BCUT2D eigenvalue weighted by atomic mass is 9.93. The van der Waals surface area contributed by atoms with Crippen molar-refractivity contribution in [2.45, 2.75) is 45.3 Å². The highest BCUT2D eigenvalue weighted by molar-refractivity contribution is 5.94. The van der Waals surface area contributed by atoms with E-state index in [1.165, 1.54) is 11.3 Å². The Morgan fingerprint density at radius 3 is 2.85 bits per heavy atom. The van der Waals surface area contributed by atoms with Crippen molar-refractivity contribution in [1.29, 1.82) is 0 Å². The van der Waals surface area contributed by atoms with E-state index in [4.69, 9.17) is 0 Å². The van der Waals surface area contributed by atoms with Crippen molar-refractivity contribution >= 4 is 5.91 Å². The summed E-state index contributed by atoms with van der Waals surface area (Å²) in [5.41, 5.74) is 4.41. The average molecular weight is 349 g/mol. The van der Waals surface area contributed by atoms with E-state index in [1.807, 2.05) is 47.4 Å². The number of carbonyl (C=O) groups excluding carboxylic acids is 1. The summed E-state index contributed by atoms with van der Waals surface area (Å²) >= 11 is 0. The van der Waals surface area contributed by atoms with Gasteiger partial charge < -0.3 is 5.32 Å². The molecule has 2 aromatic heterocycles. The molecule has 0 bridgehead atoms. The fourth-order valence-corrected chi connectivity index (χ4v) is 3.59. The third kappa shape index (κ3) is 3.40. The highest BCUT2D eigenvalue weighted by Gasteiger charge is 2.23. The summed E-state index contributed by atoms with van der Waals surface area (Å²) in [6.07, 6.45) is 8.43. The molecule has 1 aromatic carbocycles. The predicted molar refractivity (Wildman–Crippen MR) is 99.0 cm³/mol. The smallest absolute Gasteiger partial charge is 0.251 e. The molecule has 1 unspecified atom stereocenters. The van der Waals surface area contributed by atoms with Gasteiger partial charge in [-0.15, -0.1) is 0 Å². The van der Waals surface area contributed by atoms with Gasteiger partial charge in [-0.3, -0.25) is 14.2 Å². The number of carbonyl (C=O) groups is 1. The first-order valence-electron chi connectivity index (χ1n) is 9.13. The second-order valence-corrected chi connectivity index (χ2v) is 6.75. The molecule has 0 saturated carbocycles. The van der Waals surface area contributed by atoms with Crippen LogP contribution in [0.15, 0.2) is 48.9 Å². The number of nitrogens with one attached hydrogen (secondary N) is 1. The van der Waals surface area contributed by atoms with E-state index in [-0.39, 0.29) is 11.9 Å². The highest BCUT2D eigenvalue weighted by atomic mass is 16.1. The van der Waals surface area contributed by atoms with Gasteiger partial charge in [0.25, 0.3) is 5.91 Å². The Kier molecular flexibility index (Phi) is 4.56. The Balaban J connectivity index is 1.37. The van der Waals surface area contributed by atoms with Gasteiger partial charge in [0.2, 0.25) is 0 Å². The zero-order chi connectivity index (χ0) is 17.9. The number of fused-ring (bicyclic) bond motifs is 1. The summed E-state index contributed by atoms with van der Waals surface area (Å²) in [5.74, 6) is -0.00743. The standard InChI is InChI=1S/C20H23N5O/c1-2-25-19-9-8-18(12-17(19)13-22-25)23-20(26)16-6-4-15(5-7-16)14-24-11-3-10-21-24/h3-7,10-11,13,18H,2,8-9,12,14H2,1H3,(H,23,26). The molecule has 134 valence electrons. The molecule has 1 aliphatic carbocycles. The van der Waals surface area contributed by atoms with E-state index in [0.717, 1.165) is 31.4 Å². The second kappa shape index (κ2) is 7.15. The fourth-order valence-electron chi connectivity index (χ4n) is 3.59. The number of aromatic nitrogens is 4. The van der Waals surface area contributed by atoms with E-state index < -0.39 is 0 Å². The molecule has 3 aromatic rings. The van der Waals surface area contributed by atoms with Gasteiger partial charge in [-0.2, -0.15) is 10.2 Å². The lowest BCUT2D eigenvalue weighted by molar-refractivity contribution is 0.0933. The number of hydrogen-bond acceptors (Lipinski definition) is 3. The minimum absolute atomic E-state index is 0.00743. The molecule has 6 heteroatoms. The van der Waals surface area contributed by atoms with Gasteiger partial charge in [0, 0.05) is 36.2 Å². The Labute approximate surface area is 152 Å². The highest BCUT2D eigenvalue weighted by Crippen LogP contribution is 2.21. The van der Waals surface area contributed by atoms with Crippen LogP contribution in [0.2, 0.25) is 0 Å². The normalized spacial score (nSPS) is 16.3. The summed E-state index contributed by atoms with van der Waals surface area (Å²) in [4.78, 5) is 12.6. The van der Waals surface area contributed by atoms with Crippen LogP contribution in [0.4, 0.5) is 0 Å². The summed E-state index contributed by atoms with van der Waals surface area (Å²) in [6, 6.07) is 9.83. The van der Waals surface area contributed by atoms with E-state index in [2.05, 4.69) is 27.1 Å². The Hall–Kier alpha value is -2.89. The topological polar surface area (TPSA) is 64.7 Å². The van der Waals surface area contributed by atoms with Crippen LogP contribution in [0.3, 0.4) is 0 Å². The molecular weight excluding hydrogens is 326 g/mol. The summed E-state index contributed by atoms with van der Waals surface area (Å²) in [5, 5.41) is 11.8. The van der Waals surface area contributed by atoms with Crippen LogP contribution in [0.1, 0.15) is 40.5 Å². The van der Waals surface area contributed by atoms with Gasteiger partial charge in [-0.1, -0.05) is 12.1 Å². The molecule has 1 aliphatic rings. The fraction of sp³-hybridized carbons (Fsp3) is 0.350. The molecule has 4 rings (SSSR count). The minimum Gasteiger partial charge on any atom is -0.349 e. The summed E-state index contributed by atoms with van der Waals surface area (Å²) in [7, 11) is 0. The molecule has 26 heavy (non-hydrogen) atoms. The van der Waals surface area contributed by atoms with Crippen molar-refractivity contribution in [3.63, 3.8) is 0 Å². The van der Waals surface area contributed by atoms with Crippen LogP contribution in [0, 0.1) is 0 Å². The number of amides is 1. The Morgan fingerprint density at radius 2 is 2.12 bits per heavy atom. The molecule has 1 N–H and O–H groups in total. The maximum absolute atomic E-state index is 12.6. The third-order valence-electron chi connectivity index (χ3n) is 4.99. The third-order valence-corrected chi connectivity index (χ3v) is 4.99. The first-order valence-corrected chi connectivity index (χ1v) is 9.13. The van der Waals surface area contributed by atoms with Crippen LogP contribution in [-0.2, 0) is 25.9 Å². The van der Waals surface area contributed by atoms with Crippen LogP contribution in [0.5, 0.6) is 0 Å². The number of hydrogen-bond donors (Lipinski definition) is 1. The largest absolute Gasteiger partial charge is 0.349 e. The SMILES string of the molecule is CCn1ncc2c1CCC(NC(=O)c1ccc(Cn3cccn3)cc1)C2. The van der Waals surface area contributed by atoms with E-state index in [1.54, 1.807) is 6.20 Å². The lowest BCUT2D eigenvalue weighted by Gasteiger charge is -2.24. The molecular formula is C20H23N5O. The number of benzene rings is 1. The van der Waals surface area contributed by atoms with Gasteiger partial charge in [-0.25, -0.2) is 0 Å². The van der Waals surface area contributed by atoms with Gasteiger partial charge in [0.15, 0.2) is 0 Å². The van der Waals surface area contributed by atoms with Gasteiger partial charge in [0.05, 0.1) is 12.7 Å². The minimum atomic E-state index is -0.00743. The molecule has 0 spiro atoms. The van der Waals surface area contributed by atoms with Crippen molar-refractivity contribution in [2.75, 3.05) is 0 Å². The van der Waals surface area contributed by atoms with Crippen molar-refractivity contribution in [3.05, 3.63) is 71.3 Å². The zero-order valence-electron chi connectivity index (χ0n) is 14.9. The quantitative estimate of drug-likeness (QED) is 0.769. The molecule has 0 aliphatic heterocycles. The molecule has 0 saturated heterocycles.